The highest BCUT2D eigenvalue weighted by Gasteiger charge is 2.26. The molecular weight excluding hydrogens is 408 g/mol. The molecule has 32 heavy (non-hydrogen) atoms. The summed E-state index contributed by atoms with van der Waals surface area (Å²) in [5, 5.41) is 9.28. The smallest absolute Gasteiger partial charge is 0.339 e. The van der Waals surface area contributed by atoms with Gasteiger partial charge >= 0.3 is 11.9 Å². The average Bonchev–Trinajstić information content (AvgIpc) is 3.20. The molecule has 3 aromatic carbocycles. The second kappa shape index (κ2) is 8.89. The Kier molecular flexibility index (Phi) is 5.85. The second-order valence-electron chi connectivity index (χ2n) is 7.28. The van der Waals surface area contributed by atoms with Crippen LogP contribution >= 0.6 is 0 Å². The van der Waals surface area contributed by atoms with Gasteiger partial charge in [-0.1, -0.05) is 55.1 Å². The predicted molar refractivity (Wildman–Crippen MR) is 118 cm³/mol. The van der Waals surface area contributed by atoms with Crippen LogP contribution < -0.4 is 4.74 Å². The van der Waals surface area contributed by atoms with Crippen molar-refractivity contribution in [2.24, 2.45) is 0 Å². The van der Waals surface area contributed by atoms with Gasteiger partial charge in [-0.3, -0.25) is 4.79 Å². The van der Waals surface area contributed by atoms with Gasteiger partial charge < -0.3 is 14.6 Å². The lowest BCUT2D eigenvalue weighted by molar-refractivity contribution is -0.122. The molecule has 1 aliphatic rings. The van der Waals surface area contributed by atoms with Gasteiger partial charge in [-0.15, -0.1) is 0 Å². The minimum Gasteiger partial charge on any atom is -0.478 e. The first-order valence-corrected chi connectivity index (χ1v) is 10.0. The van der Waals surface area contributed by atoms with Crippen molar-refractivity contribution in [3.63, 3.8) is 0 Å². The van der Waals surface area contributed by atoms with Crippen LogP contribution in [0.25, 0.3) is 11.1 Å². The highest BCUT2D eigenvalue weighted by molar-refractivity contribution is 6.02. The molecule has 160 valence electrons. The summed E-state index contributed by atoms with van der Waals surface area (Å²) in [6.45, 7) is 3.12. The molecule has 0 saturated carbocycles. The van der Waals surface area contributed by atoms with E-state index in [1.807, 2.05) is 36.4 Å². The van der Waals surface area contributed by atoms with E-state index < -0.39 is 23.8 Å². The Labute approximate surface area is 184 Å². The number of fused-ring (bicyclic) bond motifs is 3. The van der Waals surface area contributed by atoms with Gasteiger partial charge in [-0.05, 0) is 41.0 Å². The third-order valence-electron chi connectivity index (χ3n) is 5.34. The number of hydrogen-bond acceptors (Lipinski definition) is 5. The minimum absolute atomic E-state index is 0.0964. The van der Waals surface area contributed by atoms with Crippen molar-refractivity contribution < 1.29 is 29.0 Å². The third-order valence-corrected chi connectivity index (χ3v) is 5.34. The van der Waals surface area contributed by atoms with Crippen molar-refractivity contribution in [1.82, 2.24) is 0 Å². The number of carbonyl (C=O) groups excluding carboxylic acids is 2. The van der Waals surface area contributed by atoms with Gasteiger partial charge in [0.05, 0.1) is 11.1 Å². The van der Waals surface area contributed by atoms with Crippen LogP contribution in [0.5, 0.6) is 5.75 Å². The van der Waals surface area contributed by atoms with Gasteiger partial charge in [0.2, 0.25) is 0 Å². The van der Waals surface area contributed by atoms with E-state index in [0.29, 0.717) is 12.2 Å². The van der Waals surface area contributed by atoms with E-state index in [1.54, 1.807) is 6.07 Å². The highest BCUT2D eigenvalue weighted by Crippen LogP contribution is 2.41. The number of hydrogen-bond donors (Lipinski definition) is 1. The zero-order valence-corrected chi connectivity index (χ0v) is 17.1. The standard InChI is InChI=1S/C26H20O6/c1-2-22(27)24(15-31-26(30)20-11-6-5-10-19(20)25(28)29)32-23-13-7-12-18-17-9-4-3-8-16(17)14-21(18)23/h2-13,24H,1,14-15H2,(H,28,29). The maximum absolute atomic E-state index is 12.5. The molecule has 0 fully saturated rings. The number of carbonyl (C=O) groups is 3. The van der Waals surface area contributed by atoms with E-state index in [4.69, 9.17) is 9.47 Å². The maximum Gasteiger partial charge on any atom is 0.339 e. The second-order valence-corrected chi connectivity index (χ2v) is 7.28. The number of carboxylic acids is 1. The molecule has 4 rings (SSSR count). The third kappa shape index (κ3) is 4.03. The summed E-state index contributed by atoms with van der Waals surface area (Å²) in [6, 6.07) is 19.4. The Balaban J connectivity index is 1.54. The van der Waals surface area contributed by atoms with Crippen molar-refractivity contribution in [2.45, 2.75) is 12.5 Å². The molecule has 1 atom stereocenters. The maximum atomic E-state index is 12.5. The van der Waals surface area contributed by atoms with Crippen molar-refractivity contribution in [2.75, 3.05) is 6.61 Å². The monoisotopic (exact) mass is 428 g/mol. The Bertz CT molecular complexity index is 1230. The Morgan fingerprint density at radius 1 is 0.938 bits per heavy atom. The van der Waals surface area contributed by atoms with Crippen molar-refractivity contribution in [3.05, 3.63) is 102 Å². The van der Waals surface area contributed by atoms with E-state index in [2.05, 4.69) is 6.58 Å². The van der Waals surface area contributed by atoms with E-state index in [1.165, 1.54) is 29.8 Å². The van der Waals surface area contributed by atoms with Crippen LogP contribution in [0.1, 0.15) is 31.8 Å². The lowest BCUT2D eigenvalue weighted by atomic mass is 10.1. The van der Waals surface area contributed by atoms with Crippen molar-refractivity contribution in [1.29, 1.82) is 0 Å². The Morgan fingerprint density at radius 2 is 1.62 bits per heavy atom. The summed E-state index contributed by atoms with van der Waals surface area (Å²) in [5.41, 5.74) is 4.01. The fourth-order valence-electron chi connectivity index (χ4n) is 3.77. The molecule has 0 amide bonds. The molecule has 0 saturated heterocycles. The van der Waals surface area contributed by atoms with Crippen LogP contribution in [0, 0.1) is 0 Å². The number of aromatic carboxylic acids is 1. The molecule has 0 heterocycles. The molecule has 0 radical (unpaired) electrons. The number of rotatable bonds is 8. The molecule has 0 spiro atoms. The quantitative estimate of drug-likeness (QED) is 0.332. The number of ether oxygens (including phenoxy) is 2. The molecule has 6 nitrogen and oxygen atoms in total. The van der Waals surface area contributed by atoms with Crippen LogP contribution in [0.4, 0.5) is 0 Å². The lowest BCUT2D eigenvalue weighted by Crippen LogP contribution is -2.32. The zero-order valence-electron chi connectivity index (χ0n) is 17.1. The molecule has 1 aliphatic carbocycles. The highest BCUT2D eigenvalue weighted by atomic mass is 16.6. The summed E-state index contributed by atoms with van der Waals surface area (Å²) >= 11 is 0. The molecule has 3 aromatic rings. The van der Waals surface area contributed by atoms with E-state index in [-0.39, 0.29) is 17.7 Å². The first-order valence-electron chi connectivity index (χ1n) is 10.0. The number of ketones is 1. The van der Waals surface area contributed by atoms with Crippen molar-refractivity contribution in [3.8, 4) is 16.9 Å². The fraction of sp³-hybridized carbons (Fsp3) is 0.115. The number of benzene rings is 3. The average molecular weight is 428 g/mol. The van der Waals surface area contributed by atoms with E-state index in [9.17, 15) is 19.5 Å². The largest absolute Gasteiger partial charge is 0.478 e. The molecule has 1 N–H and O–H groups in total. The van der Waals surface area contributed by atoms with E-state index in [0.717, 1.165) is 22.8 Å². The van der Waals surface area contributed by atoms with Gasteiger partial charge in [0, 0.05) is 12.0 Å². The van der Waals surface area contributed by atoms with Crippen LogP contribution in [0.3, 0.4) is 0 Å². The summed E-state index contributed by atoms with van der Waals surface area (Å²) in [7, 11) is 0. The summed E-state index contributed by atoms with van der Waals surface area (Å²) in [5.74, 6) is -2.01. The molecular formula is C26H20O6. The number of carboxylic acid groups (broad SMARTS) is 1. The summed E-state index contributed by atoms with van der Waals surface area (Å²) in [6.07, 6.45) is 0.674. The number of esters is 1. The van der Waals surface area contributed by atoms with Crippen LogP contribution in [0.2, 0.25) is 0 Å². The molecule has 6 heteroatoms. The van der Waals surface area contributed by atoms with Crippen molar-refractivity contribution >= 4 is 17.7 Å². The first-order chi connectivity index (χ1) is 15.5. The molecule has 0 bridgehead atoms. The Hall–Kier alpha value is -4.19. The van der Waals surface area contributed by atoms with Crippen LogP contribution in [-0.4, -0.2) is 35.5 Å². The first kappa shape index (κ1) is 21.1. The SMILES string of the molecule is C=CC(=O)C(COC(=O)c1ccccc1C(=O)O)Oc1cccc2c1Cc1ccccc1-2. The minimum atomic E-state index is -1.24. The molecule has 0 aliphatic heterocycles. The van der Waals surface area contributed by atoms with Gasteiger partial charge in [0.25, 0.3) is 0 Å². The van der Waals surface area contributed by atoms with Gasteiger partial charge in [-0.2, -0.15) is 0 Å². The topological polar surface area (TPSA) is 89.9 Å². The Morgan fingerprint density at radius 3 is 2.38 bits per heavy atom. The lowest BCUT2D eigenvalue weighted by Gasteiger charge is -2.19. The van der Waals surface area contributed by atoms with Gasteiger partial charge in [0.15, 0.2) is 11.9 Å². The molecule has 1 unspecified atom stereocenters. The predicted octanol–water partition coefficient (Wildman–Crippen LogP) is 4.32. The van der Waals surface area contributed by atoms with Crippen LogP contribution in [-0.2, 0) is 16.0 Å². The molecule has 0 aromatic heterocycles. The summed E-state index contributed by atoms with van der Waals surface area (Å²) < 4.78 is 11.3. The van der Waals surface area contributed by atoms with Gasteiger partial charge in [0.1, 0.15) is 12.4 Å². The van der Waals surface area contributed by atoms with E-state index >= 15 is 0 Å². The fourth-order valence-corrected chi connectivity index (χ4v) is 3.77. The van der Waals surface area contributed by atoms with Gasteiger partial charge in [-0.25, -0.2) is 9.59 Å². The summed E-state index contributed by atoms with van der Waals surface area (Å²) in [4.78, 5) is 36.3. The zero-order chi connectivity index (χ0) is 22.7. The van der Waals surface area contributed by atoms with Crippen LogP contribution in [0.15, 0.2) is 79.4 Å². The normalized spacial score (nSPS) is 12.2.